The third-order valence-electron chi connectivity index (χ3n) is 3.58. The number of benzene rings is 2. The SMILES string of the molecule is CC(C)(C)C(=O)Oc1ccc2oc(-c3ccccc3)cc(=O)c2c1. The fourth-order valence-electron chi connectivity index (χ4n) is 2.20. The van der Waals surface area contributed by atoms with Crippen molar-refractivity contribution in [3.05, 3.63) is 64.8 Å². The standard InChI is InChI=1S/C20H18O4/c1-20(2,3)19(22)23-14-9-10-17-15(11-14)16(21)12-18(24-17)13-7-5-4-6-8-13/h4-12H,1-3H3. The molecular weight excluding hydrogens is 304 g/mol. The van der Waals surface area contributed by atoms with E-state index in [1.54, 1.807) is 39.0 Å². The number of esters is 1. The van der Waals surface area contributed by atoms with E-state index in [4.69, 9.17) is 9.15 Å². The van der Waals surface area contributed by atoms with Gasteiger partial charge in [-0.25, -0.2) is 0 Å². The van der Waals surface area contributed by atoms with Crippen LogP contribution in [-0.4, -0.2) is 5.97 Å². The van der Waals surface area contributed by atoms with Gasteiger partial charge < -0.3 is 9.15 Å². The molecule has 0 N–H and O–H groups in total. The highest BCUT2D eigenvalue weighted by molar-refractivity contribution is 5.83. The highest BCUT2D eigenvalue weighted by Gasteiger charge is 2.24. The van der Waals surface area contributed by atoms with Crippen molar-refractivity contribution in [1.29, 1.82) is 0 Å². The molecular formula is C20H18O4. The Balaban J connectivity index is 2.02. The summed E-state index contributed by atoms with van der Waals surface area (Å²) in [5.74, 6) is 0.488. The van der Waals surface area contributed by atoms with Crippen molar-refractivity contribution in [3.63, 3.8) is 0 Å². The summed E-state index contributed by atoms with van der Waals surface area (Å²) in [5, 5.41) is 0.383. The van der Waals surface area contributed by atoms with Crippen LogP contribution in [0.2, 0.25) is 0 Å². The van der Waals surface area contributed by atoms with Crippen LogP contribution in [0, 0.1) is 5.41 Å². The summed E-state index contributed by atoms with van der Waals surface area (Å²) >= 11 is 0. The second-order valence-corrected chi connectivity index (χ2v) is 6.64. The van der Waals surface area contributed by atoms with E-state index in [0.717, 1.165) is 5.56 Å². The molecule has 122 valence electrons. The molecule has 0 saturated carbocycles. The van der Waals surface area contributed by atoms with Crippen molar-refractivity contribution >= 4 is 16.9 Å². The van der Waals surface area contributed by atoms with Crippen LogP contribution in [0.3, 0.4) is 0 Å². The zero-order valence-corrected chi connectivity index (χ0v) is 13.8. The van der Waals surface area contributed by atoms with E-state index in [-0.39, 0.29) is 11.4 Å². The Labute approximate surface area is 139 Å². The molecule has 0 aliphatic heterocycles. The van der Waals surface area contributed by atoms with E-state index in [2.05, 4.69) is 0 Å². The summed E-state index contributed by atoms with van der Waals surface area (Å²) < 4.78 is 11.2. The molecule has 0 unspecified atom stereocenters. The monoisotopic (exact) mass is 322 g/mol. The number of hydrogen-bond donors (Lipinski definition) is 0. The number of ether oxygens (including phenoxy) is 1. The molecule has 0 spiro atoms. The van der Waals surface area contributed by atoms with E-state index in [9.17, 15) is 9.59 Å². The molecule has 2 aromatic carbocycles. The number of fused-ring (bicyclic) bond motifs is 1. The first kappa shape index (κ1) is 16.0. The molecule has 4 nitrogen and oxygen atoms in total. The molecule has 0 saturated heterocycles. The van der Waals surface area contributed by atoms with Crippen molar-refractivity contribution in [3.8, 4) is 17.1 Å². The van der Waals surface area contributed by atoms with Gasteiger partial charge >= 0.3 is 5.97 Å². The maximum atomic E-state index is 12.4. The number of carbonyl (C=O) groups excluding carboxylic acids is 1. The van der Waals surface area contributed by atoms with Crippen molar-refractivity contribution in [2.24, 2.45) is 5.41 Å². The van der Waals surface area contributed by atoms with Crippen molar-refractivity contribution < 1.29 is 13.9 Å². The number of rotatable bonds is 2. The lowest BCUT2D eigenvalue weighted by Crippen LogP contribution is -2.25. The van der Waals surface area contributed by atoms with Crippen molar-refractivity contribution in [1.82, 2.24) is 0 Å². The lowest BCUT2D eigenvalue weighted by atomic mass is 9.97. The van der Waals surface area contributed by atoms with Crippen molar-refractivity contribution in [2.45, 2.75) is 20.8 Å². The summed E-state index contributed by atoms with van der Waals surface area (Å²) in [6.07, 6.45) is 0. The van der Waals surface area contributed by atoms with E-state index in [1.165, 1.54) is 6.07 Å². The number of carbonyl (C=O) groups is 1. The Morgan fingerprint density at radius 2 is 1.71 bits per heavy atom. The van der Waals surface area contributed by atoms with Gasteiger partial charge in [-0.1, -0.05) is 30.3 Å². The smallest absolute Gasteiger partial charge is 0.316 e. The normalized spacial score (nSPS) is 11.5. The Morgan fingerprint density at radius 3 is 2.38 bits per heavy atom. The molecule has 1 heterocycles. The molecule has 0 aliphatic rings. The largest absolute Gasteiger partial charge is 0.456 e. The Hall–Kier alpha value is -2.88. The molecule has 0 amide bonds. The summed E-state index contributed by atoms with van der Waals surface area (Å²) in [5.41, 5.74) is 0.497. The van der Waals surface area contributed by atoms with E-state index < -0.39 is 5.41 Å². The van der Waals surface area contributed by atoms with Gasteiger partial charge in [-0.05, 0) is 39.0 Å². The highest BCUT2D eigenvalue weighted by atomic mass is 16.5. The molecule has 3 rings (SSSR count). The molecule has 0 atom stereocenters. The zero-order valence-electron chi connectivity index (χ0n) is 13.8. The molecule has 0 bridgehead atoms. The van der Waals surface area contributed by atoms with Gasteiger partial charge in [0.15, 0.2) is 5.43 Å². The van der Waals surface area contributed by atoms with E-state index >= 15 is 0 Å². The van der Waals surface area contributed by atoms with Gasteiger partial charge in [0.25, 0.3) is 0 Å². The Kier molecular flexibility index (Phi) is 3.97. The summed E-state index contributed by atoms with van der Waals surface area (Å²) in [6.45, 7) is 5.32. The zero-order chi connectivity index (χ0) is 17.3. The average Bonchev–Trinajstić information content (AvgIpc) is 2.55. The van der Waals surface area contributed by atoms with E-state index in [1.807, 2.05) is 30.3 Å². The lowest BCUT2D eigenvalue weighted by Gasteiger charge is -2.16. The molecule has 0 aliphatic carbocycles. The molecule has 1 aromatic heterocycles. The predicted molar refractivity (Wildman–Crippen MR) is 93.0 cm³/mol. The van der Waals surface area contributed by atoms with Gasteiger partial charge in [0, 0.05) is 11.6 Å². The van der Waals surface area contributed by atoms with Crippen LogP contribution in [0.1, 0.15) is 20.8 Å². The van der Waals surface area contributed by atoms with Crippen LogP contribution in [0.4, 0.5) is 0 Å². The first-order valence-corrected chi connectivity index (χ1v) is 7.70. The Bertz CT molecular complexity index is 947. The average molecular weight is 322 g/mol. The molecule has 3 aromatic rings. The van der Waals surface area contributed by atoms with Gasteiger partial charge in [0.1, 0.15) is 17.1 Å². The van der Waals surface area contributed by atoms with E-state index in [0.29, 0.717) is 22.5 Å². The number of hydrogen-bond acceptors (Lipinski definition) is 4. The quantitative estimate of drug-likeness (QED) is 0.518. The van der Waals surface area contributed by atoms with Gasteiger partial charge in [-0.15, -0.1) is 0 Å². The minimum Gasteiger partial charge on any atom is -0.456 e. The van der Waals surface area contributed by atoms with Gasteiger partial charge in [0.05, 0.1) is 10.8 Å². The van der Waals surface area contributed by atoms with Crippen LogP contribution in [0.5, 0.6) is 5.75 Å². The van der Waals surface area contributed by atoms with Gasteiger partial charge in [-0.2, -0.15) is 0 Å². The van der Waals surface area contributed by atoms with Crippen LogP contribution in [0.25, 0.3) is 22.3 Å². The summed E-state index contributed by atoms with van der Waals surface area (Å²) in [4.78, 5) is 24.4. The second kappa shape index (κ2) is 5.96. The minimum absolute atomic E-state index is 0.177. The molecule has 0 radical (unpaired) electrons. The van der Waals surface area contributed by atoms with Gasteiger partial charge in [0.2, 0.25) is 0 Å². The Morgan fingerprint density at radius 1 is 1.00 bits per heavy atom. The highest BCUT2D eigenvalue weighted by Crippen LogP contribution is 2.26. The summed E-state index contributed by atoms with van der Waals surface area (Å²) in [7, 11) is 0. The van der Waals surface area contributed by atoms with Crippen LogP contribution in [0.15, 0.2) is 63.8 Å². The molecule has 0 fully saturated rings. The maximum Gasteiger partial charge on any atom is 0.316 e. The van der Waals surface area contributed by atoms with Crippen molar-refractivity contribution in [2.75, 3.05) is 0 Å². The minimum atomic E-state index is -0.614. The lowest BCUT2D eigenvalue weighted by molar-refractivity contribution is -0.142. The third-order valence-corrected chi connectivity index (χ3v) is 3.58. The second-order valence-electron chi connectivity index (χ2n) is 6.64. The molecule has 24 heavy (non-hydrogen) atoms. The van der Waals surface area contributed by atoms with Crippen LogP contribution in [-0.2, 0) is 4.79 Å². The van der Waals surface area contributed by atoms with Gasteiger partial charge in [-0.3, -0.25) is 9.59 Å². The molecule has 4 heteroatoms. The fraction of sp³-hybridized carbons (Fsp3) is 0.200. The van der Waals surface area contributed by atoms with Crippen LogP contribution < -0.4 is 10.2 Å². The fourth-order valence-corrected chi connectivity index (χ4v) is 2.20. The maximum absolute atomic E-state index is 12.4. The topological polar surface area (TPSA) is 56.5 Å². The first-order valence-electron chi connectivity index (χ1n) is 7.70. The summed E-state index contributed by atoms with van der Waals surface area (Å²) in [6, 6.07) is 15.7. The first-order chi connectivity index (χ1) is 11.3. The third kappa shape index (κ3) is 3.23. The predicted octanol–water partition coefficient (Wildman–Crippen LogP) is 4.41. The van der Waals surface area contributed by atoms with Crippen LogP contribution >= 0.6 is 0 Å².